The van der Waals surface area contributed by atoms with Crippen LogP contribution in [0.15, 0.2) is 48.5 Å². The number of amides is 2. The summed E-state index contributed by atoms with van der Waals surface area (Å²) in [6.07, 6.45) is -0.0117. The second kappa shape index (κ2) is 10.9. The Hall–Kier alpha value is -3.26. The van der Waals surface area contributed by atoms with Crippen molar-refractivity contribution in [3.8, 4) is 0 Å². The lowest BCUT2D eigenvalue weighted by Gasteiger charge is -2.11. The molecule has 3 N–H and O–H groups in total. The molecule has 2 amide bonds. The Morgan fingerprint density at radius 1 is 0.966 bits per heavy atom. The number of rotatable bonds is 7. The lowest BCUT2D eigenvalue weighted by molar-refractivity contribution is -0.144. The van der Waals surface area contributed by atoms with E-state index in [1.807, 2.05) is 25.1 Å². The van der Waals surface area contributed by atoms with Crippen LogP contribution in [0.5, 0.6) is 0 Å². The lowest BCUT2D eigenvalue weighted by Crippen LogP contribution is -2.34. The summed E-state index contributed by atoms with van der Waals surface area (Å²) in [4.78, 5) is 35.3. The van der Waals surface area contributed by atoms with Gasteiger partial charge in [-0.25, -0.2) is 0 Å². The minimum atomic E-state index is -0.426. The molecule has 0 aliphatic heterocycles. The minimum absolute atomic E-state index is 0.00236. The minimum Gasteiger partial charge on any atom is -0.466 e. The van der Waals surface area contributed by atoms with Gasteiger partial charge in [0.05, 0.1) is 13.0 Å². The average molecular weight is 413 g/mol. The maximum atomic E-state index is 12.3. The lowest BCUT2D eigenvalue weighted by atomic mass is 10.1. The Bertz CT molecular complexity index is 897. The molecule has 7 nitrogen and oxygen atoms in total. The van der Waals surface area contributed by atoms with Crippen LogP contribution in [-0.4, -0.2) is 29.5 Å². The zero-order valence-electron chi connectivity index (χ0n) is 16.3. The number of nitrogens with one attached hydrogen (secondary N) is 3. The van der Waals surface area contributed by atoms with Crippen molar-refractivity contribution in [1.29, 1.82) is 0 Å². The predicted molar refractivity (Wildman–Crippen MR) is 116 cm³/mol. The van der Waals surface area contributed by atoms with Gasteiger partial charge in [-0.3, -0.25) is 14.4 Å². The summed E-state index contributed by atoms with van der Waals surface area (Å²) < 4.78 is 4.77. The van der Waals surface area contributed by atoms with Crippen LogP contribution in [0.1, 0.15) is 35.7 Å². The molecule has 0 heterocycles. The Morgan fingerprint density at radius 2 is 1.62 bits per heavy atom. The first-order chi connectivity index (χ1) is 13.9. The van der Waals surface area contributed by atoms with Crippen molar-refractivity contribution in [2.45, 2.75) is 26.7 Å². The maximum absolute atomic E-state index is 12.3. The molecule has 2 aromatic carbocycles. The van der Waals surface area contributed by atoms with Crippen LogP contribution in [0.3, 0.4) is 0 Å². The smallest absolute Gasteiger partial charge is 0.306 e. The fourth-order valence-electron chi connectivity index (χ4n) is 2.43. The van der Waals surface area contributed by atoms with Crippen LogP contribution in [0.25, 0.3) is 0 Å². The van der Waals surface area contributed by atoms with Crippen molar-refractivity contribution in [1.82, 2.24) is 5.32 Å². The SMILES string of the molecule is CCOC(=O)CCC(=O)NC(=S)Nc1ccc(NC(=O)c2cccc(C)c2)cc1. The van der Waals surface area contributed by atoms with E-state index in [9.17, 15) is 14.4 Å². The third-order valence-electron chi connectivity index (χ3n) is 3.80. The summed E-state index contributed by atoms with van der Waals surface area (Å²) >= 11 is 5.09. The first-order valence-corrected chi connectivity index (χ1v) is 9.52. The number of aryl methyl sites for hydroxylation is 1. The second-order valence-electron chi connectivity index (χ2n) is 6.21. The molecule has 8 heteroatoms. The summed E-state index contributed by atoms with van der Waals surface area (Å²) in [6, 6.07) is 14.2. The normalized spacial score (nSPS) is 10.0. The molecule has 0 radical (unpaired) electrons. The molecular weight excluding hydrogens is 390 g/mol. The highest BCUT2D eigenvalue weighted by Crippen LogP contribution is 2.15. The number of carbonyl (C=O) groups is 3. The van der Waals surface area contributed by atoms with E-state index < -0.39 is 5.97 Å². The van der Waals surface area contributed by atoms with Gasteiger partial charge in [0.15, 0.2) is 5.11 Å². The van der Waals surface area contributed by atoms with E-state index in [1.54, 1.807) is 37.3 Å². The van der Waals surface area contributed by atoms with Crippen molar-refractivity contribution < 1.29 is 19.1 Å². The van der Waals surface area contributed by atoms with Gasteiger partial charge in [0.2, 0.25) is 5.91 Å². The molecule has 0 spiro atoms. The van der Waals surface area contributed by atoms with Crippen LogP contribution >= 0.6 is 12.2 Å². The Morgan fingerprint density at radius 3 is 2.24 bits per heavy atom. The summed E-state index contributed by atoms with van der Waals surface area (Å²) in [5.74, 6) is -0.999. The van der Waals surface area contributed by atoms with Crippen LogP contribution < -0.4 is 16.0 Å². The van der Waals surface area contributed by atoms with Crippen LogP contribution in [0.2, 0.25) is 0 Å². The highest BCUT2D eigenvalue weighted by Gasteiger charge is 2.10. The highest BCUT2D eigenvalue weighted by molar-refractivity contribution is 7.80. The number of esters is 1. The van der Waals surface area contributed by atoms with Crippen molar-refractivity contribution >= 4 is 46.5 Å². The monoisotopic (exact) mass is 413 g/mol. The van der Waals surface area contributed by atoms with Gasteiger partial charge in [-0.2, -0.15) is 0 Å². The van der Waals surface area contributed by atoms with Crippen LogP contribution in [-0.2, 0) is 14.3 Å². The molecule has 2 rings (SSSR count). The predicted octanol–water partition coefficient (Wildman–Crippen LogP) is 3.40. The van der Waals surface area contributed by atoms with Gasteiger partial charge in [-0.05, 0) is 62.5 Å². The van der Waals surface area contributed by atoms with E-state index >= 15 is 0 Å². The Kier molecular flexibility index (Phi) is 8.29. The largest absolute Gasteiger partial charge is 0.466 e. The van der Waals surface area contributed by atoms with E-state index in [2.05, 4.69) is 16.0 Å². The Balaban J connectivity index is 1.82. The number of ether oxygens (including phenoxy) is 1. The van der Waals surface area contributed by atoms with Gasteiger partial charge in [-0.15, -0.1) is 0 Å². The molecular formula is C21H23N3O4S. The molecule has 0 unspecified atom stereocenters. The van der Waals surface area contributed by atoms with Crippen molar-refractivity contribution in [2.24, 2.45) is 0 Å². The summed E-state index contributed by atoms with van der Waals surface area (Å²) in [7, 11) is 0. The molecule has 0 saturated carbocycles. The number of carbonyl (C=O) groups excluding carboxylic acids is 3. The number of thiocarbonyl (C=S) groups is 1. The number of anilines is 2. The summed E-state index contributed by atoms with van der Waals surface area (Å²) in [6.45, 7) is 3.91. The maximum Gasteiger partial charge on any atom is 0.306 e. The fraction of sp³-hybridized carbons (Fsp3) is 0.238. The molecule has 152 valence electrons. The highest BCUT2D eigenvalue weighted by atomic mass is 32.1. The van der Waals surface area contributed by atoms with E-state index in [0.717, 1.165) is 5.56 Å². The molecule has 0 bridgehead atoms. The van der Waals surface area contributed by atoms with Gasteiger partial charge in [0.1, 0.15) is 0 Å². The first kappa shape index (κ1) is 22.0. The standard InChI is InChI=1S/C21H23N3O4S/c1-3-28-19(26)12-11-18(25)24-21(29)23-17-9-7-16(8-10-17)22-20(27)15-6-4-5-14(2)13-15/h4-10,13H,3,11-12H2,1-2H3,(H,22,27)(H2,23,24,25,29). The molecule has 0 fully saturated rings. The molecule has 0 aliphatic rings. The van der Waals surface area contributed by atoms with Gasteiger partial charge in [-0.1, -0.05) is 17.7 Å². The number of hydrogen-bond donors (Lipinski definition) is 3. The zero-order chi connectivity index (χ0) is 21.2. The second-order valence-corrected chi connectivity index (χ2v) is 6.62. The van der Waals surface area contributed by atoms with Gasteiger partial charge < -0.3 is 20.7 Å². The van der Waals surface area contributed by atoms with Crippen molar-refractivity contribution in [3.63, 3.8) is 0 Å². The van der Waals surface area contributed by atoms with E-state index in [-0.39, 0.29) is 36.4 Å². The van der Waals surface area contributed by atoms with Gasteiger partial charge in [0.25, 0.3) is 5.91 Å². The quantitative estimate of drug-likeness (QED) is 0.476. The van der Waals surface area contributed by atoms with Gasteiger partial charge >= 0.3 is 5.97 Å². The first-order valence-electron chi connectivity index (χ1n) is 9.12. The van der Waals surface area contributed by atoms with Crippen molar-refractivity contribution in [3.05, 3.63) is 59.7 Å². The molecule has 0 atom stereocenters. The zero-order valence-corrected chi connectivity index (χ0v) is 17.1. The van der Waals surface area contributed by atoms with Crippen molar-refractivity contribution in [2.75, 3.05) is 17.2 Å². The van der Waals surface area contributed by atoms with E-state index in [4.69, 9.17) is 17.0 Å². The topological polar surface area (TPSA) is 96.5 Å². The summed E-state index contributed by atoms with van der Waals surface area (Å²) in [5.41, 5.74) is 2.87. The molecule has 29 heavy (non-hydrogen) atoms. The van der Waals surface area contributed by atoms with E-state index in [0.29, 0.717) is 16.9 Å². The van der Waals surface area contributed by atoms with Crippen LogP contribution in [0, 0.1) is 6.92 Å². The average Bonchev–Trinajstić information content (AvgIpc) is 2.68. The summed E-state index contributed by atoms with van der Waals surface area (Å²) in [5, 5.41) is 8.32. The fourth-order valence-corrected chi connectivity index (χ4v) is 2.66. The van der Waals surface area contributed by atoms with E-state index in [1.165, 1.54) is 0 Å². The van der Waals surface area contributed by atoms with Crippen LogP contribution in [0.4, 0.5) is 11.4 Å². The molecule has 0 saturated heterocycles. The molecule has 2 aromatic rings. The third kappa shape index (κ3) is 7.71. The Labute approximate surface area is 174 Å². The van der Waals surface area contributed by atoms with Gasteiger partial charge in [0, 0.05) is 23.4 Å². The molecule has 0 aliphatic carbocycles. The molecule has 0 aromatic heterocycles. The third-order valence-corrected chi connectivity index (χ3v) is 4.00. The number of hydrogen-bond acceptors (Lipinski definition) is 5. The number of benzene rings is 2.